The fourth-order valence-corrected chi connectivity index (χ4v) is 1.38. The summed E-state index contributed by atoms with van der Waals surface area (Å²) in [5.74, 6) is 0.198. The van der Waals surface area contributed by atoms with Gasteiger partial charge in [0, 0.05) is 12.4 Å². The number of hydrogen-bond acceptors (Lipinski definition) is 6. The van der Waals surface area contributed by atoms with Gasteiger partial charge in [0.1, 0.15) is 5.82 Å². The summed E-state index contributed by atoms with van der Waals surface area (Å²) in [6, 6.07) is 6.88. The zero-order chi connectivity index (χ0) is 12.8. The van der Waals surface area contributed by atoms with Gasteiger partial charge < -0.3 is 10.1 Å². The lowest BCUT2D eigenvalue weighted by atomic mass is 10.2. The van der Waals surface area contributed by atoms with E-state index >= 15 is 0 Å². The predicted molar refractivity (Wildman–Crippen MR) is 64.9 cm³/mol. The third-order valence-corrected chi connectivity index (χ3v) is 2.26. The van der Waals surface area contributed by atoms with Crippen molar-refractivity contribution < 1.29 is 9.53 Å². The standard InChI is InChI=1S/C12H12N4O2/c1-18-12(17)9-4-6-13-11(7-9)14-8-10-3-2-5-15-16-10/h2-7H,8H2,1H3,(H,13,14). The van der Waals surface area contributed by atoms with Crippen molar-refractivity contribution in [1.29, 1.82) is 0 Å². The first-order valence-electron chi connectivity index (χ1n) is 5.34. The quantitative estimate of drug-likeness (QED) is 0.816. The van der Waals surface area contributed by atoms with E-state index in [1.165, 1.54) is 7.11 Å². The van der Waals surface area contributed by atoms with Gasteiger partial charge in [0.15, 0.2) is 0 Å². The zero-order valence-corrected chi connectivity index (χ0v) is 9.83. The van der Waals surface area contributed by atoms with E-state index in [0.717, 1.165) is 5.69 Å². The van der Waals surface area contributed by atoms with Crippen LogP contribution in [0.4, 0.5) is 5.82 Å². The van der Waals surface area contributed by atoms with Gasteiger partial charge in [-0.15, -0.1) is 0 Å². The van der Waals surface area contributed by atoms with Gasteiger partial charge in [-0.05, 0) is 24.3 Å². The van der Waals surface area contributed by atoms with Crippen molar-refractivity contribution in [3.63, 3.8) is 0 Å². The summed E-state index contributed by atoms with van der Waals surface area (Å²) in [5, 5.41) is 10.8. The van der Waals surface area contributed by atoms with Crippen LogP contribution < -0.4 is 5.32 Å². The number of aromatic nitrogens is 3. The molecule has 0 radical (unpaired) electrons. The second-order valence-electron chi connectivity index (χ2n) is 3.49. The predicted octanol–water partition coefficient (Wildman–Crippen LogP) is 1.27. The molecule has 0 bridgehead atoms. The van der Waals surface area contributed by atoms with Crippen molar-refractivity contribution >= 4 is 11.8 Å². The van der Waals surface area contributed by atoms with Crippen LogP contribution in [0.5, 0.6) is 0 Å². The molecule has 0 aliphatic rings. The smallest absolute Gasteiger partial charge is 0.338 e. The summed E-state index contributed by atoms with van der Waals surface area (Å²) in [6.45, 7) is 0.492. The van der Waals surface area contributed by atoms with Crippen molar-refractivity contribution in [3.8, 4) is 0 Å². The Bertz CT molecular complexity index is 531. The molecule has 0 amide bonds. The molecule has 2 aromatic rings. The minimum Gasteiger partial charge on any atom is -0.465 e. The molecule has 0 saturated carbocycles. The Kier molecular flexibility index (Phi) is 3.80. The van der Waals surface area contributed by atoms with E-state index < -0.39 is 0 Å². The van der Waals surface area contributed by atoms with Crippen LogP contribution in [-0.4, -0.2) is 28.3 Å². The first kappa shape index (κ1) is 12.0. The molecular weight excluding hydrogens is 232 g/mol. The third kappa shape index (κ3) is 3.00. The van der Waals surface area contributed by atoms with Gasteiger partial charge >= 0.3 is 5.97 Å². The van der Waals surface area contributed by atoms with E-state index in [-0.39, 0.29) is 5.97 Å². The van der Waals surface area contributed by atoms with E-state index in [4.69, 9.17) is 0 Å². The second-order valence-corrected chi connectivity index (χ2v) is 3.49. The molecule has 0 spiro atoms. The number of nitrogens with zero attached hydrogens (tertiary/aromatic N) is 3. The molecule has 0 aliphatic carbocycles. The van der Waals surface area contributed by atoms with Crippen LogP contribution in [0.3, 0.4) is 0 Å². The summed E-state index contributed by atoms with van der Waals surface area (Å²) in [6.07, 6.45) is 3.16. The number of nitrogens with one attached hydrogen (secondary N) is 1. The summed E-state index contributed by atoms with van der Waals surface area (Å²) in [4.78, 5) is 15.4. The first-order chi connectivity index (χ1) is 8.79. The summed E-state index contributed by atoms with van der Waals surface area (Å²) in [5.41, 5.74) is 1.25. The van der Waals surface area contributed by atoms with Gasteiger partial charge in [-0.25, -0.2) is 9.78 Å². The van der Waals surface area contributed by atoms with E-state index in [0.29, 0.717) is 17.9 Å². The lowest BCUT2D eigenvalue weighted by Gasteiger charge is -2.05. The van der Waals surface area contributed by atoms with Crippen molar-refractivity contribution in [1.82, 2.24) is 15.2 Å². The molecule has 1 N–H and O–H groups in total. The SMILES string of the molecule is COC(=O)c1ccnc(NCc2cccnn2)c1. The van der Waals surface area contributed by atoms with Gasteiger partial charge in [0.2, 0.25) is 0 Å². The molecule has 0 fully saturated rings. The average molecular weight is 244 g/mol. The van der Waals surface area contributed by atoms with Crippen molar-refractivity contribution in [3.05, 3.63) is 47.9 Å². The molecule has 2 aromatic heterocycles. The molecule has 0 unspecified atom stereocenters. The number of rotatable bonds is 4. The second kappa shape index (κ2) is 5.72. The van der Waals surface area contributed by atoms with E-state index in [9.17, 15) is 4.79 Å². The summed E-state index contributed by atoms with van der Waals surface area (Å²) in [7, 11) is 1.34. The summed E-state index contributed by atoms with van der Waals surface area (Å²) >= 11 is 0. The molecule has 0 atom stereocenters. The number of esters is 1. The van der Waals surface area contributed by atoms with E-state index in [1.54, 1.807) is 24.5 Å². The fourth-order valence-electron chi connectivity index (χ4n) is 1.38. The van der Waals surface area contributed by atoms with Crippen LogP contribution in [0.1, 0.15) is 16.1 Å². The van der Waals surface area contributed by atoms with Gasteiger partial charge in [0.25, 0.3) is 0 Å². The Morgan fingerprint density at radius 2 is 2.28 bits per heavy atom. The molecule has 0 aromatic carbocycles. The van der Waals surface area contributed by atoms with Crippen LogP contribution >= 0.6 is 0 Å². The number of hydrogen-bond donors (Lipinski definition) is 1. The van der Waals surface area contributed by atoms with Gasteiger partial charge in [-0.2, -0.15) is 10.2 Å². The number of carbonyl (C=O) groups is 1. The fraction of sp³-hybridized carbons (Fsp3) is 0.167. The Morgan fingerprint density at radius 3 is 3.00 bits per heavy atom. The third-order valence-electron chi connectivity index (χ3n) is 2.26. The number of methoxy groups -OCH3 is 1. The maximum atomic E-state index is 11.3. The Hall–Kier alpha value is -2.50. The lowest BCUT2D eigenvalue weighted by molar-refractivity contribution is 0.0600. The number of anilines is 1. The highest BCUT2D eigenvalue weighted by Crippen LogP contribution is 2.08. The van der Waals surface area contributed by atoms with Crippen LogP contribution in [-0.2, 0) is 11.3 Å². The minimum absolute atomic E-state index is 0.389. The molecule has 18 heavy (non-hydrogen) atoms. The van der Waals surface area contributed by atoms with Crippen molar-refractivity contribution in [2.75, 3.05) is 12.4 Å². The molecule has 0 aliphatic heterocycles. The number of pyridine rings is 1. The lowest BCUT2D eigenvalue weighted by Crippen LogP contribution is -2.06. The molecule has 6 nitrogen and oxygen atoms in total. The molecule has 2 heterocycles. The maximum absolute atomic E-state index is 11.3. The highest BCUT2D eigenvalue weighted by atomic mass is 16.5. The van der Waals surface area contributed by atoms with E-state index in [1.807, 2.05) is 12.1 Å². The van der Waals surface area contributed by atoms with Crippen molar-refractivity contribution in [2.24, 2.45) is 0 Å². The number of ether oxygens (including phenoxy) is 1. The summed E-state index contributed by atoms with van der Waals surface area (Å²) < 4.78 is 4.64. The van der Waals surface area contributed by atoms with Crippen LogP contribution in [0, 0.1) is 0 Å². The first-order valence-corrected chi connectivity index (χ1v) is 5.34. The normalized spacial score (nSPS) is 9.83. The topological polar surface area (TPSA) is 77.0 Å². The monoisotopic (exact) mass is 244 g/mol. The Labute approximate surface area is 104 Å². The highest BCUT2D eigenvalue weighted by Gasteiger charge is 2.06. The van der Waals surface area contributed by atoms with Crippen LogP contribution in [0.2, 0.25) is 0 Å². The van der Waals surface area contributed by atoms with Gasteiger partial charge in [-0.3, -0.25) is 0 Å². The van der Waals surface area contributed by atoms with Crippen LogP contribution in [0.15, 0.2) is 36.7 Å². The Morgan fingerprint density at radius 1 is 1.39 bits per heavy atom. The Balaban J connectivity index is 2.04. The molecule has 92 valence electrons. The molecular formula is C12H12N4O2. The van der Waals surface area contributed by atoms with Crippen LogP contribution in [0.25, 0.3) is 0 Å². The van der Waals surface area contributed by atoms with E-state index in [2.05, 4.69) is 25.2 Å². The highest BCUT2D eigenvalue weighted by molar-refractivity contribution is 5.89. The molecule has 0 saturated heterocycles. The van der Waals surface area contributed by atoms with Crippen molar-refractivity contribution in [2.45, 2.75) is 6.54 Å². The zero-order valence-electron chi connectivity index (χ0n) is 9.83. The van der Waals surface area contributed by atoms with Gasteiger partial charge in [-0.1, -0.05) is 0 Å². The largest absolute Gasteiger partial charge is 0.465 e. The number of carbonyl (C=O) groups excluding carboxylic acids is 1. The minimum atomic E-state index is -0.389. The average Bonchev–Trinajstić information content (AvgIpc) is 2.45. The molecule has 6 heteroatoms. The maximum Gasteiger partial charge on any atom is 0.338 e. The van der Waals surface area contributed by atoms with Gasteiger partial charge in [0.05, 0.1) is 24.9 Å². The molecule has 2 rings (SSSR count).